The molecule has 5 heterocycles. The monoisotopic (exact) mass is 685 g/mol. The highest BCUT2D eigenvalue weighted by atomic mass is 16.5. The van der Waals surface area contributed by atoms with Crippen molar-refractivity contribution in [2.75, 3.05) is 31.6 Å². The number of aromatic nitrogens is 5. The second kappa shape index (κ2) is 12.3. The van der Waals surface area contributed by atoms with E-state index in [0.29, 0.717) is 47.3 Å². The summed E-state index contributed by atoms with van der Waals surface area (Å²) >= 11 is 0. The fourth-order valence-corrected chi connectivity index (χ4v) is 8.80. The molecule has 2 saturated heterocycles. The zero-order chi connectivity index (χ0) is 34.8. The van der Waals surface area contributed by atoms with Crippen LogP contribution in [-0.2, 0) is 13.1 Å². The average Bonchev–Trinajstić information content (AvgIpc) is 3.48. The number of anilines is 1. The molecule has 13 heteroatoms. The molecule has 2 aliphatic carbocycles. The Kier molecular flexibility index (Phi) is 7.56. The summed E-state index contributed by atoms with van der Waals surface area (Å²) in [5, 5.41) is 22.7. The van der Waals surface area contributed by atoms with Gasteiger partial charge in [-0.25, -0.2) is 14.8 Å². The molecule has 2 aromatic carbocycles. The van der Waals surface area contributed by atoms with E-state index in [0.717, 1.165) is 61.3 Å². The van der Waals surface area contributed by atoms with E-state index in [1.165, 1.54) is 24.6 Å². The van der Waals surface area contributed by atoms with Crippen molar-refractivity contribution in [1.29, 1.82) is 5.26 Å². The maximum absolute atomic E-state index is 14.2. The van der Waals surface area contributed by atoms with Crippen LogP contribution in [0.3, 0.4) is 0 Å². The van der Waals surface area contributed by atoms with Crippen LogP contribution < -0.4 is 15.0 Å². The van der Waals surface area contributed by atoms with Gasteiger partial charge in [-0.2, -0.15) is 5.26 Å². The Morgan fingerprint density at radius 3 is 2.65 bits per heavy atom. The first-order valence-corrected chi connectivity index (χ1v) is 17.8. The van der Waals surface area contributed by atoms with Crippen molar-refractivity contribution < 1.29 is 19.4 Å². The number of hydrogen-bond acceptors (Lipinski definition) is 8. The van der Waals surface area contributed by atoms with E-state index in [9.17, 15) is 20.0 Å². The van der Waals surface area contributed by atoms with E-state index in [1.807, 2.05) is 17.0 Å². The molecule has 0 spiro atoms. The predicted molar refractivity (Wildman–Crippen MR) is 190 cm³/mol. The number of imidazole rings is 1. The Morgan fingerprint density at radius 1 is 1.00 bits per heavy atom. The third-order valence-electron chi connectivity index (χ3n) is 11.4. The van der Waals surface area contributed by atoms with E-state index in [2.05, 4.69) is 65.7 Å². The van der Waals surface area contributed by atoms with Gasteiger partial charge in [-0.15, -0.1) is 0 Å². The van der Waals surface area contributed by atoms with Gasteiger partial charge in [-0.05, 0) is 74.1 Å². The van der Waals surface area contributed by atoms with Gasteiger partial charge in [-0.3, -0.25) is 9.78 Å². The summed E-state index contributed by atoms with van der Waals surface area (Å²) in [6.45, 7) is 3.65. The number of hydrogen-bond donors (Lipinski definition) is 2. The van der Waals surface area contributed by atoms with Gasteiger partial charge < -0.3 is 34.1 Å². The van der Waals surface area contributed by atoms with Crippen molar-refractivity contribution >= 4 is 39.8 Å². The quantitative estimate of drug-likeness (QED) is 0.215. The lowest BCUT2D eigenvalue weighted by molar-refractivity contribution is 0.0697. The van der Waals surface area contributed by atoms with E-state index in [1.54, 1.807) is 13.3 Å². The van der Waals surface area contributed by atoms with E-state index >= 15 is 0 Å². The van der Waals surface area contributed by atoms with Gasteiger partial charge in [0, 0.05) is 49.2 Å². The lowest BCUT2D eigenvalue weighted by atomic mass is 10.1. The maximum atomic E-state index is 14.2. The van der Waals surface area contributed by atoms with Crippen LogP contribution in [0.1, 0.15) is 48.2 Å². The van der Waals surface area contributed by atoms with Gasteiger partial charge in [0.05, 0.1) is 42.8 Å². The molecule has 260 valence electrons. The molecule has 2 unspecified atom stereocenters. The molecule has 4 fully saturated rings. The Balaban J connectivity index is 1.13. The van der Waals surface area contributed by atoms with Crippen molar-refractivity contribution in [3.8, 4) is 23.3 Å². The van der Waals surface area contributed by atoms with Crippen LogP contribution >= 0.6 is 0 Å². The summed E-state index contributed by atoms with van der Waals surface area (Å²) in [6.07, 6.45) is 7.17. The molecule has 2 N–H and O–H groups in total. The van der Waals surface area contributed by atoms with Crippen molar-refractivity contribution in [2.45, 2.75) is 57.3 Å². The van der Waals surface area contributed by atoms with Crippen LogP contribution in [0.25, 0.3) is 33.5 Å². The number of carboxylic acid groups (broad SMARTS) is 1. The second-order valence-electron chi connectivity index (χ2n) is 14.5. The fourth-order valence-electron chi connectivity index (χ4n) is 8.80. The number of nitrogens with one attached hydrogen (secondary N) is 1. The zero-order valence-electron chi connectivity index (χ0n) is 28.4. The Morgan fingerprint density at radius 2 is 1.84 bits per heavy atom. The van der Waals surface area contributed by atoms with E-state index in [-0.39, 0.29) is 29.8 Å². The van der Waals surface area contributed by atoms with Crippen molar-refractivity contribution in [1.82, 2.24) is 34.3 Å². The normalized spacial score (nSPS) is 22.6. The molecule has 4 aliphatic rings. The SMILES string of the molecule is COc1cc(C(=O)N2CC3CCC2[C@@H]3NC(=O)O)cc2nc(-c3cc4ccccc4n3CC3CC3)n(C[C@H]3CCN(c4cncc(C#N)n4)C3)c12. The molecule has 9 rings (SSSR count). The predicted octanol–water partition coefficient (Wildman–Crippen LogP) is 5.14. The minimum absolute atomic E-state index is 0.110. The third-order valence-corrected chi connectivity index (χ3v) is 11.4. The number of nitrogens with zero attached hydrogens (tertiary/aromatic N) is 8. The Labute approximate surface area is 294 Å². The highest BCUT2D eigenvalue weighted by molar-refractivity contribution is 6.00. The molecule has 2 bridgehead atoms. The molecule has 13 nitrogen and oxygen atoms in total. The van der Waals surface area contributed by atoms with Gasteiger partial charge in [0.25, 0.3) is 5.91 Å². The lowest BCUT2D eigenvalue weighted by Gasteiger charge is -2.27. The first-order chi connectivity index (χ1) is 24.9. The molecule has 5 aromatic rings. The fraction of sp³-hybridized carbons (Fsp3) is 0.421. The summed E-state index contributed by atoms with van der Waals surface area (Å²) in [5.74, 6) is 2.98. The number of carbonyl (C=O) groups is 2. The summed E-state index contributed by atoms with van der Waals surface area (Å²) < 4.78 is 10.7. The van der Waals surface area contributed by atoms with Gasteiger partial charge in [-0.1, -0.05) is 18.2 Å². The molecule has 2 amide bonds. The minimum atomic E-state index is -1.06. The number of amides is 2. The van der Waals surface area contributed by atoms with Crippen LogP contribution in [-0.4, -0.2) is 84.9 Å². The molecular formula is C38H39N9O4. The van der Waals surface area contributed by atoms with Crippen LogP contribution in [0.4, 0.5) is 10.6 Å². The smallest absolute Gasteiger partial charge is 0.404 e. The van der Waals surface area contributed by atoms with Crippen molar-refractivity contribution in [3.63, 3.8) is 0 Å². The Hall–Kier alpha value is -5.64. The molecule has 2 aliphatic heterocycles. The highest BCUT2D eigenvalue weighted by Gasteiger charge is 2.49. The van der Waals surface area contributed by atoms with E-state index < -0.39 is 6.09 Å². The molecule has 4 atom stereocenters. The summed E-state index contributed by atoms with van der Waals surface area (Å²) in [6, 6.07) is 16.1. The molecule has 2 saturated carbocycles. The average molecular weight is 686 g/mol. The third kappa shape index (κ3) is 5.49. The van der Waals surface area contributed by atoms with Crippen LogP contribution in [0.2, 0.25) is 0 Å². The number of carbonyl (C=O) groups excluding carboxylic acids is 1. The molecule has 3 aromatic heterocycles. The number of likely N-dealkylation sites (tertiary alicyclic amines) is 1. The standard InChI is InChI=1S/C38H39N9O4/c1-51-32-14-26(37(48)46-21-25-8-9-30(46)34(25)43-38(49)50)12-28-35(32)47(20-23-10-11-44(18-23)33-17-40-16-27(15-39)41-33)36(42-28)31-13-24-4-2-3-5-29(24)45(31)19-22-6-7-22/h2-5,12-14,16-17,22-23,25,30,34,43H,6-11,18-21H2,1H3,(H,49,50)/t23-,25?,30?,34+/m0/s1. The molecule has 0 radical (unpaired) electrons. The Bertz CT molecular complexity index is 2230. The van der Waals surface area contributed by atoms with Crippen LogP contribution in [0.15, 0.2) is 54.9 Å². The van der Waals surface area contributed by atoms with Gasteiger partial charge in [0.15, 0.2) is 11.5 Å². The number of ether oxygens (including phenoxy) is 1. The summed E-state index contributed by atoms with van der Waals surface area (Å²) in [4.78, 5) is 43.7. The van der Waals surface area contributed by atoms with Gasteiger partial charge in [0.1, 0.15) is 23.2 Å². The van der Waals surface area contributed by atoms with Gasteiger partial charge in [0.2, 0.25) is 0 Å². The number of benzene rings is 2. The first kappa shape index (κ1) is 31.3. The van der Waals surface area contributed by atoms with Crippen LogP contribution in [0.5, 0.6) is 5.75 Å². The number of rotatable bonds is 9. The van der Waals surface area contributed by atoms with E-state index in [4.69, 9.17) is 9.72 Å². The number of para-hydroxylation sites is 1. The van der Waals surface area contributed by atoms with Crippen molar-refractivity contribution in [3.05, 3.63) is 66.1 Å². The molecular weight excluding hydrogens is 646 g/mol. The van der Waals surface area contributed by atoms with Crippen molar-refractivity contribution in [2.24, 2.45) is 17.8 Å². The second-order valence-corrected chi connectivity index (χ2v) is 14.5. The van der Waals surface area contributed by atoms with Crippen LogP contribution in [0, 0.1) is 29.1 Å². The topological polar surface area (TPSA) is 154 Å². The lowest BCUT2D eigenvalue weighted by Crippen LogP contribution is -2.45. The minimum Gasteiger partial charge on any atom is -0.494 e. The largest absolute Gasteiger partial charge is 0.494 e. The first-order valence-electron chi connectivity index (χ1n) is 17.8. The summed E-state index contributed by atoms with van der Waals surface area (Å²) in [5.41, 5.74) is 4.52. The maximum Gasteiger partial charge on any atom is 0.404 e. The summed E-state index contributed by atoms with van der Waals surface area (Å²) in [7, 11) is 1.63. The number of fused-ring (bicyclic) bond motifs is 4. The number of methoxy groups -OCH3 is 1. The zero-order valence-corrected chi connectivity index (χ0v) is 28.4. The highest BCUT2D eigenvalue weighted by Crippen LogP contribution is 2.42. The number of nitriles is 1. The number of piperidine rings is 1. The van der Waals surface area contributed by atoms with Gasteiger partial charge >= 0.3 is 6.09 Å². The molecule has 51 heavy (non-hydrogen) atoms.